The van der Waals surface area contributed by atoms with E-state index in [9.17, 15) is 0 Å². The molecule has 0 radical (unpaired) electrons. The van der Waals surface area contributed by atoms with Gasteiger partial charge in [0.2, 0.25) is 0 Å². The molecule has 0 atom stereocenters. The molecule has 3 N–H and O–H groups in total. The van der Waals surface area contributed by atoms with Crippen molar-refractivity contribution in [2.45, 2.75) is 33.1 Å². The number of hydrogen-bond donors (Lipinski definition) is 2. The highest BCUT2D eigenvalue weighted by Crippen LogP contribution is 2.28. The second-order valence-electron chi connectivity index (χ2n) is 4.72. The molecule has 0 aliphatic rings. The molecule has 0 aromatic heterocycles. The molecule has 126 valence electrons. The zero-order valence-corrected chi connectivity index (χ0v) is 16.1. The smallest absolute Gasteiger partial charge is 0.188 e. The number of ether oxygens (including phenoxy) is 2. The molecule has 0 heterocycles. The lowest BCUT2D eigenvalue weighted by Gasteiger charge is -2.11. The fourth-order valence-electron chi connectivity index (χ4n) is 1.94. The van der Waals surface area contributed by atoms with E-state index in [0.717, 1.165) is 43.9 Å². The lowest BCUT2D eigenvalue weighted by atomic mass is 10.1. The first-order chi connectivity index (χ1) is 10.2. The van der Waals surface area contributed by atoms with E-state index >= 15 is 0 Å². The van der Waals surface area contributed by atoms with Gasteiger partial charge in [-0.1, -0.05) is 13.0 Å². The Morgan fingerprint density at radius 2 is 2.05 bits per heavy atom. The van der Waals surface area contributed by atoms with Crippen molar-refractivity contribution in [2.75, 3.05) is 26.8 Å². The van der Waals surface area contributed by atoms with E-state index < -0.39 is 0 Å². The number of nitrogens with zero attached hydrogens (tertiary/aromatic N) is 1. The Morgan fingerprint density at radius 1 is 1.27 bits per heavy atom. The van der Waals surface area contributed by atoms with Crippen molar-refractivity contribution in [1.82, 2.24) is 5.32 Å². The molecule has 22 heavy (non-hydrogen) atoms. The van der Waals surface area contributed by atoms with Gasteiger partial charge in [0.15, 0.2) is 17.5 Å². The van der Waals surface area contributed by atoms with Crippen molar-refractivity contribution in [3.8, 4) is 11.5 Å². The minimum absolute atomic E-state index is 0. The van der Waals surface area contributed by atoms with Gasteiger partial charge in [-0.15, -0.1) is 24.0 Å². The third-order valence-corrected chi connectivity index (χ3v) is 2.98. The van der Waals surface area contributed by atoms with E-state index in [-0.39, 0.29) is 24.0 Å². The highest BCUT2D eigenvalue weighted by Gasteiger charge is 2.05. The van der Waals surface area contributed by atoms with E-state index in [1.54, 1.807) is 7.11 Å². The van der Waals surface area contributed by atoms with Crippen LogP contribution < -0.4 is 20.5 Å². The predicted molar refractivity (Wildman–Crippen MR) is 103 cm³/mol. The Balaban J connectivity index is 0.00000441. The number of benzene rings is 1. The molecule has 0 saturated carbocycles. The lowest BCUT2D eigenvalue weighted by molar-refractivity contribution is 0.310. The maximum Gasteiger partial charge on any atom is 0.188 e. The van der Waals surface area contributed by atoms with Crippen LogP contribution in [-0.2, 0) is 6.42 Å². The van der Waals surface area contributed by atoms with Gasteiger partial charge in [-0.05, 0) is 43.9 Å². The van der Waals surface area contributed by atoms with Crippen LogP contribution >= 0.6 is 24.0 Å². The van der Waals surface area contributed by atoms with E-state index in [1.165, 1.54) is 5.56 Å². The van der Waals surface area contributed by atoms with Crippen LogP contribution in [0.5, 0.6) is 11.5 Å². The summed E-state index contributed by atoms with van der Waals surface area (Å²) in [5.41, 5.74) is 6.97. The summed E-state index contributed by atoms with van der Waals surface area (Å²) in [6.45, 7) is 6.26. The average molecular weight is 421 g/mol. The summed E-state index contributed by atoms with van der Waals surface area (Å²) in [5.74, 6) is 2.10. The van der Waals surface area contributed by atoms with Gasteiger partial charge in [-0.2, -0.15) is 0 Å². The van der Waals surface area contributed by atoms with Crippen molar-refractivity contribution >= 4 is 29.9 Å². The summed E-state index contributed by atoms with van der Waals surface area (Å²) in [6.07, 6.45) is 2.95. The largest absolute Gasteiger partial charge is 0.493 e. The highest BCUT2D eigenvalue weighted by molar-refractivity contribution is 14.0. The normalized spacial score (nSPS) is 10.8. The molecule has 0 fully saturated rings. The molecule has 0 aliphatic heterocycles. The molecule has 0 unspecified atom stereocenters. The SMILES string of the molecule is CCCN=C(N)NCCCc1ccc(OC)c(OCC)c1.I. The first-order valence-electron chi connectivity index (χ1n) is 7.54. The van der Waals surface area contributed by atoms with Gasteiger partial charge in [0, 0.05) is 13.1 Å². The molecule has 0 saturated heterocycles. The number of aryl methyl sites for hydroxylation is 1. The monoisotopic (exact) mass is 421 g/mol. The van der Waals surface area contributed by atoms with Crippen LogP contribution in [0.2, 0.25) is 0 Å². The summed E-state index contributed by atoms with van der Waals surface area (Å²) < 4.78 is 10.9. The highest BCUT2D eigenvalue weighted by atomic mass is 127. The molecule has 0 spiro atoms. The molecule has 0 bridgehead atoms. The minimum atomic E-state index is 0. The number of methoxy groups -OCH3 is 1. The Bertz CT molecular complexity index is 453. The fourth-order valence-corrected chi connectivity index (χ4v) is 1.94. The van der Waals surface area contributed by atoms with Crippen LogP contribution in [0.1, 0.15) is 32.3 Å². The van der Waals surface area contributed by atoms with Gasteiger partial charge >= 0.3 is 0 Å². The van der Waals surface area contributed by atoms with E-state index in [2.05, 4.69) is 23.3 Å². The number of rotatable bonds is 9. The third-order valence-electron chi connectivity index (χ3n) is 2.98. The Morgan fingerprint density at radius 3 is 2.68 bits per heavy atom. The molecular formula is C16H28IN3O2. The number of nitrogens with one attached hydrogen (secondary N) is 1. The topological polar surface area (TPSA) is 68.9 Å². The van der Waals surface area contributed by atoms with Gasteiger partial charge in [0.1, 0.15) is 0 Å². The maximum absolute atomic E-state index is 5.74. The Kier molecular flexibility index (Phi) is 11.7. The maximum atomic E-state index is 5.74. The molecule has 1 aromatic rings. The van der Waals surface area contributed by atoms with Gasteiger partial charge in [0.05, 0.1) is 13.7 Å². The molecule has 1 rings (SSSR count). The number of nitrogens with two attached hydrogens (primary N) is 1. The molecule has 6 heteroatoms. The summed E-state index contributed by atoms with van der Waals surface area (Å²) in [7, 11) is 1.65. The second kappa shape index (κ2) is 12.4. The van der Waals surface area contributed by atoms with Crippen LogP contribution in [0.25, 0.3) is 0 Å². The first kappa shape index (κ1) is 20.8. The van der Waals surface area contributed by atoms with Gasteiger partial charge in [-0.3, -0.25) is 4.99 Å². The van der Waals surface area contributed by atoms with E-state index in [1.807, 2.05) is 19.1 Å². The van der Waals surface area contributed by atoms with Crippen LogP contribution in [0.4, 0.5) is 0 Å². The Labute approximate surface area is 150 Å². The summed E-state index contributed by atoms with van der Waals surface area (Å²) in [4.78, 5) is 4.20. The van der Waals surface area contributed by atoms with Crippen molar-refractivity contribution in [1.29, 1.82) is 0 Å². The first-order valence-corrected chi connectivity index (χ1v) is 7.54. The van der Waals surface area contributed by atoms with Gasteiger partial charge in [0.25, 0.3) is 0 Å². The van der Waals surface area contributed by atoms with Crippen LogP contribution in [0.3, 0.4) is 0 Å². The number of guanidine groups is 1. The Hall–Kier alpha value is -1.18. The molecule has 1 aromatic carbocycles. The fraction of sp³-hybridized carbons (Fsp3) is 0.562. The number of hydrogen-bond acceptors (Lipinski definition) is 3. The second-order valence-corrected chi connectivity index (χ2v) is 4.72. The van der Waals surface area contributed by atoms with Gasteiger partial charge < -0.3 is 20.5 Å². The van der Waals surface area contributed by atoms with E-state index in [4.69, 9.17) is 15.2 Å². The third kappa shape index (κ3) is 7.72. The average Bonchev–Trinajstić information content (AvgIpc) is 2.50. The zero-order chi connectivity index (χ0) is 15.5. The zero-order valence-electron chi connectivity index (χ0n) is 13.7. The number of halogens is 1. The van der Waals surface area contributed by atoms with Crippen molar-refractivity contribution < 1.29 is 9.47 Å². The molecule has 5 nitrogen and oxygen atoms in total. The molecular weight excluding hydrogens is 393 g/mol. The van der Waals surface area contributed by atoms with Crippen LogP contribution in [0, 0.1) is 0 Å². The number of aliphatic imine (C=N–C) groups is 1. The minimum Gasteiger partial charge on any atom is -0.493 e. The predicted octanol–water partition coefficient (Wildman–Crippen LogP) is 2.96. The molecule has 0 amide bonds. The standard InChI is InChI=1S/C16H27N3O2.HI/c1-4-10-18-16(17)19-11-6-7-13-8-9-14(20-3)15(12-13)21-5-2;/h8-9,12H,4-7,10-11H2,1-3H3,(H3,17,18,19);1H. The van der Waals surface area contributed by atoms with Crippen molar-refractivity contribution in [2.24, 2.45) is 10.7 Å². The van der Waals surface area contributed by atoms with Crippen molar-refractivity contribution in [3.63, 3.8) is 0 Å². The summed E-state index contributed by atoms with van der Waals surface area (Å²) in [5, 5.41) is 3.12. The van der Waals surface area contributed by atoms with Crippen LogP contribution in [-0.4, -0.2) is 32.8 Å². The van der Waals surface area contributed by atoms with Gasteiger partial charge in [-0.25, -0.2) is 0 Å². The van der Waals surface area contributed by atoms with E-state index in [0.29, 0.717) is 12.6 Å². The summed E-state index contributed by atoms with van der Waals surface area (Å²) in [6, 6.07) is 6.05. The molecule has 0 aliphatic carbocycles. The lowest BCUT2D eigenvalue weighted by Crippen LogP contribution is -2.32. The van der Waals surface area contributed by atoms with Crippen molar-refractivity contribution in [3.05, 3.63) is 23.8 Å². The summed E-state index contributed by atoms with van der Waals surface area (Å²) >= 11 is 0. The van der Waals surface area contributed by atoms with Crippen LogP contribution in [0.15, 0.2) is 23.2 Å². The quantitative estimate of drug-likeness (QED) is 0.279.